The van der Waals surface area contributed by atoms with Crippen molar-refractivity contribution in [2.24, 2.45) is 0 Å². The summed E-state index contributed by atoms with van der Waals surface area (Å²) >= 11 is 0. The van der Waals surface area contributed by atoms with Crippen LogP contribution in [-0.4, -0.2) is 43.9 Å². The van der Waals surface area contributed by atoms with Crippen LogP contribution in [0.25, 0.3) is 0 Å². The average molecular weight is 259 g/mol. The molecule has 0 aromatic rings. The number of rotatable bonds is 8. The average Bonchev–Trinajstić information content (AvgIpc) is 2.28. The lowest BCUT2D eigenvalue weighted by Crippen LogP contribution is -2.38. The molecule has 0 aromatic heterocycles. The van der Waals surface area contributed by atoms with Gasteiger partial charge in [-0.2, -0.15) is 0 Å². The highest BCUT2D eigenvalue weighted by Crippen LogP contribution is 1.99. The lowest BCUT2D eigenvalue weighted by Gasteiger charge is -2.14. The molecule has 0 fully saturated rings. The first-order chi connectivity index (χ1) is 8.53. The van der Waals surface area contributed by atoms with Gasteiger partial charge in [0, 0.05) is 12.5 Å². The minimum atomic E-state index is -0.670. The summed E-state index contributed by atoms with van der Waals surface area (Å²) in [6, 6.07) is -0.670. The lowest BCUT2D eigenvalue weighted by molar-refractivity contribution is -0.146. The number of ether oxygens (including phenoxy) is 2. The van der Waals surface area contributed by atoms with Gasteiger partial charge in [-0.15, -0.1) is 0 Å². The minimum Gasteiger partial charge on any atom is -0.469 e. The number of hydrogen-bond donors (Lipinski definition) is 1. The second-order valence-corrected chi connectivity index (χ2v) is 3.43. The normalized spacial score (nSPS) is 11.2. The van der Waals surface area contributed by atoms with Crippen LogP contribution < -0.4 is 5.32 Å². The zero-order chi connectivity index (χ0) is 14.0. The van der Waals surface area contributed by atoms with Gasteiger partial charge in [0.05, 0.1) is 20.1 Å². The smallest absolute Gasteiger partial charge is 0.315 e. The van der Waals surface area contributed by atoms with Crippen LogP contribution in [0.2, 0.25) is 0 Å². The molecule has 0 saturated carbocycles. The third-order valence-corrected chi connectivity index (χ3v) is 2.00. The van der Waals surface area contributed by atoms with Crippen LogP contribution in [0, 0.1) is 0 Å². The summed E-state index contributed by atoms with van der Waals surface area (Å²) in [6.45, 7) is 1.81. The van der Waals surface area contributed by atoms with Crippen molar-refractivity contribution in [1.29, 1.82) is 0 Å². The largest absolute Gasteiger partial charge is 0.469 e. The van der Waals surface area contributed by atoms with E-state index in [1.54, 1.807) is 6.92 Å². The van der Waals surface area contributed by atoms with Gasteiger partial charge in [0.25, 0.3) is 0 Å². The number of carbonyl (C=O) groups is 4. The third-order valence-electron chi connectivity index (χ3n) is 2.00. The van der Waals surface area contributed by atoms with E-state index in [1.165, 1.54) is 7.11 Å². The number of hydrogen-bond acceptors (Lipinski definition) is 6. The summed E-state index contributed by atoms with van der Waals surface area (Å²) in [5.74, 6) is -1.79. The number of carbonyl (C=O) groups excluding carboxylic acids is 4. The van der Waals surface area contributed by atoms with E-state index < -0.39 is 30.3 Å². The second-order valence-electron chi connectivity index (χ2n) is 3.43. The Balaban J connectivity index is 4.22. The van der Waals surface area contributed by atoms with Gasteiger partial charge < -0.3 is 19.6 Å². The van der Waals surface area contributed by atoms with Gasteiger partial charge in [-0.3, -0.25) is 14.4 Å². The van der Waals surface area contributed by atoms with Gasteiger partial charge in [0.15, 0.2) is 0 Å². The molecular formula is C11H17NO6. The van der Waals surface area contributed by atoms with E-state index in [0.29, 0.717) is 6.29 Å². The first kappa shape index (κ1) is 16.1. The molecule has 1 amide bonds. The molecule has 0 aliphatic rings. The molecule has 0 saturated heterocycles. The zero-order valence-corrected chi connectivity index (χ0v) is 10.4. The first-order valence-corrected chi connectivity index (χ1v) is 5.48. The van der Waals surface area contributed by atoms with E-state index in [4.69, 9.17) is 0 Å². The van der Waals surface area contributed by atoms with Crippen LogP contribution in [0.4, 0.5) is 0 Å². The molecule has 102 valence electrons. The number of esters is 2. The van der Waals surface area contributed by atoms with Gasteiger partial charge in [-0.1, -0.05) is 0 Å². The standard InChI is InChI=1S/C11H17NO6/c1-3-18-11(16)7-9(14)12-8(4-5-13)6-10(15)17-2/h5,8H,3-4,6-7H2,1-2H3,(H,12,14). The maximum atomic E-state index is 11.4. The summed E-state index contributed by atoms with van der Waals surface area (Å²) in [5.41, 5.74) is 0. The first-order valence-electron chi connectivity index (χ1n) is 5.48. The Labute approximate surface area is 105 Å². The van der Waals surface area contributed by atoms with Crippen molar-refractivity contribution in [3.05, 3.63) is 0 Å². The van der Waals surface area contributed by atoms with Crippen LogP contribution >= 0.6 is 0 Å². The summed E-state index contributed by atoms with van der Waals surface area (Å²) < 4.78 is 9.03. The van der Waals surface area contributed by atoms with Crippen molar-refractivity contribution >= 4 is 24.1 Å². The Morgan fingerprint density at radius 2 is 1.94 bits per heavy atom. The Hall–Kier alpha value is -1.92. The molecule has 0 spiro atoms. The monoisotopic (exact) mass is 259 g/mol. The molecule has 1 N–H and O–H groups in total. The van der Waals surface area contributed by atoms with Crippen LogP contribution in [0.3, 0.4) is 0 Å². The predicted octanol–water partition coefficient (Wildman–Crippen LogP) is -0.423. The van der Waals surface area contributed by atoms with E-state index in [-0.39, 0.29) is 19.4 Å². The SMILES string of the molecule is CCOC(=O)CC(=O)NC(CC=O)CC(=O)OC. The summed E-state index contributed by atoms with van der Waals surface area (Å²) in [6.07, 6.45) is -0.00388. The fraction of sp³-hybridized carbons (Fsp3) is 0.636. The van der Waals surface area contributed by atoms with Gasteiger partial charge >= 0.3 is 11.9 Å². The third kappa shape index (κ3) is 7.37. The second kappa shape index (κ2) is 9.15. The number of nitrogens with one attached hydrogen (secondary N) is 1. The van der Waals surface area contributed by atoms with E-state index in [1.807, 2.05) is 0 Å². The van der Waals surface area contributed by atoms with Crippen molar-refractivity contribution in [1.82, 2.24) is 5.32 Å². The highest BCUT2D eigenvalue weighted by molar-refractivity contribution is 5.94. The van der Waals surface area contributed by atoms with Gasteiger partial charge in [0.2, 0.25) is 5.91 Å². The summed E-state index contributed by atoms with van der Waals surface area (Å²) in [7, 11) is 1.21. The Bertz CT molecular complexity index is 315. The molecule has 18 heavy (non-hydrogen) atoms. The number of methoxy groups -OCH3 is 1. The van der Waals surface area contributed by atoms with Crippen LogP contribution in [0.15, 0.2) is 0 Å². The van der Waals surface area contributed by atoms with Crippen molar-refractivity contribution in [3.8, 4) is 0 Å². The Kier molecular flexibility index (Phi) is 8.17. The molecule has 0 radical (unpaired) electrons. The molecular weight excluding hydrogens is 242 g/mol. The maximum Gasteiger partial charge on any atom is 0.315 e. The van der Waals surface area contributed by atoms with Crippen molar-refractivity contribution in [2.75, 3.05) is 13.7 Å². The zero-order valence-electron chi connectivity index (χ0n) is 10.4. The fourth-order valence-electron chi connectivity index (χ4n) is 1.22. The van der Waals surface area contributed by atoms with Crippen molar-refractivity contribution < 1.29 is 28.7 Å². The van der Waals surface area contributed by atoms with Crippen molar-refractivity contribution in [2.45, 2.75) is 32.2 Å². The fourth-order valence-corrected chi connectivity index (χ4v) is 1.22. The summed E-state index contributed by atoms with van der Waals surface area (Å²) in [4.78, 5) is 43.8. The van der Waals surface area contributed by atoms with E-state index in [0.717, 1.165) is 0 Å². The van der Waals surface area contributed by atoms with Gasteiger partial charge in [-0.05, 0) is 6.92 Å². The quantitative estimate of drug-likeness (QED) is 0.361. The molecule has 0 aliphatic carbocycles. The minimum absolute atomic E-state index is 0.0241. The molecule has 7 heteroatoms. The number of aldehydes is 1. The molecule has 1 unspecified atom stereocenters. The highest BCUT2D eigenvalue weighted by atomic mass is 16.5. The molecule has 0 heterocycles. The highest BCUT2D eigenvalue weighted by Gasteiger charge is 2.18. The van der Waals surface area contributed by atoms with E-state index >= 15 is 0 Å². The molecule has 7 nitrogen and oxygen atoms in total. The molecule has 0 aromatic carbocycles. The molecule has 0 rings (SSSR count). The molecule has 0 aliphatic heterocycles. The Morgan fingerprint density at radius 3 is 2.44 bits per heavy atom. The summed E-state index contributed by atoms with van der Waals surface area (Å²) in [5, 5.41) is 2.40. The van der Waals surface area contributed by atoms with Crippen LogP contribution in [0.1, 0.15) is 26.2 Å². The van der Waals surface area contributed by atoms with E-state index in [2.05, 4.69) is 14.8 Å². The van der Waals surface area contributed by atoms with Gasteiger partial charge in [-0.25, -0.2) is 0 Å². The van der Waals surface area contributed by atoms with Crippen molar-refractivity contribution in [3.63, 3.8) is 0 Å². The van der Waals surface area contributed by atoms with E-state index in [9.17, 15) is 19.2 Å². The number of amides is 1. The molecule has 1 atom stereocenters. The predicted molar refractivity (Wildman–Crippen MR) is 60.5 cm³/mol. The van der Waals surface area contributed by atoms with Crippen LogP contribution in [0.5, 0.6) is 0 Å². The molecule has 0 bridgehead atoms. The lowest BCUT2D eigenvalue weighted by atomic mass is 10.1. The maximum absolute atomic E-state index is 11.4. The van der Waals surface area contributed by atoms with Gasteiger partial charge in [0.1, 0.15) is 12.7 Å². The Morgan fingerprint density at radius 1 is 1.28 bits per heavy atom. The van der Waals surface area contributed by atoms with Crippen LogP contribution in [-0.2, 0) is 28.7 Å². The topological polar surface area (TPSA) is 98.8 Å².